The molecule has 0 aliphatic rings. The first kappa shape index (κ1) is 11.7. The number of carbonyl (C=O) groups excluding carboxylic acids is 1. The lowest BCUT2D eigenvalue weighted by Gasteiger charge is -2.20. The molecule has 0 heterocycles. The zero-order valence-electron chi connectivity index (χ0n) is 8.90. The molecule has 1 aromatic carbocycles. The van der Waals surface area contributed by atoms with Gasteiger partial charge in [-0.2, -0.15) is 0 Å². The fourth-order valence-electron chi connectivity index (χ4n) is 1.22. The highest BCUT2D eigenvalue weighted by Gasteiger charge is 2.17. The number of likely N-dealkylation sites (N-methyl/N-ethyl adjacent to an activating group) is 1. The minimum atomic E-state index is -0.500. The fraction of sp³-hybridized carbons (Fsp3) is 0.364. The Morgan fingerprint density at radius 1 is 1.47 bits per heavy atom. The molecule has 2 N–H and O–H groups in total. The molecule has 1 atom stereocenters. The van der Waals surface area contributed by atoms with E-state index in [0.717, 1.165) is 0 Å². The van der Waals surface area contributed by atoms with Gasteiger partial charge >= 0.3 is 0 Å². The van der Waals surface area contributed by atoms with Gasteiger partial charge in [0, 0.05) is 12.7 Å². The summed E-state index contributed by atoms with van der Waals surface area (Å²) in [7, 11) is 1.63. The first-order valence-corrected chi connectivity index (χ1v) is 4.85. The van der Waals surface area contributed by atoms with Crippen LogP contribution in [0.1, 0.15) is 13.3 Å². The minimum absolute atomic E-state index is 0.163. The van der Waals surface area contributed by atoms with Gasteiger partial charge in [-0.25, -0.2) is 4.39 Å². The quantitative estimate of drug-likeness (QED) is 0.822. The van der Waals surface area contributed by atoms with Crippen LogP contribution in [-0.4, -0.2) is 19.0 Å². The van der Waals surface area contributed by atoms with Crippen molar-refractivity contribution in [2.75, 3.05) is 11.9 Å². The lowest BCUT2D eigenvalue weighted by atomic mass is 10.2. The van der Waals surface area contributed by atoms with E-state index in [1.54, 1.807) is 19.2 Å². The maximum atomic E-state index is 12.6. The van der Waals surface area contributed by atoms with Crippen LogP contribution in [-0.2, 0) is 4.79 Å². The third-order valence-corrected chi connectivity index (χ3v) is 2.30. The molecule has 0 saturated heterocycles. The molecule has 1 amide bonds. The molecule has 0 spiro atoms. The van der Waals surface area contributed by atoms with E-state index in [1.165, 1.54) is 17.0 Å². The number of hydrogen-bond donors (Lipinski definition) is 1. The molecule has 0 radical (unpaired) electrons. The van der Waals surface area contributed by atoms with Crippen LogP contribution in [0.5, 0.6) is 0 Å². The van der Waals surface area contributed by atoms with Crippen LogP contribution in [0, 0.1) is 5.82 Å². The summed E-state index contributed by atoms with van der Waals surface area (Å²) in [5.74, 6) is -0.483. The van der Waals surface area contributed by atoms with E-state index < -0.39 is 6.04 Å². The highest BCUT2D eigenvalue weighted by molar-refractivity contribution is 5.96. The topological polar surface area (TPSA) is 46.3 Å². The molecule has 1 rings (SSSR count). The molecule has 4 heteroatoms. The summed E-state index contributed by atoms with van der Waals surface area (Å²) >= 11 is 0. The predicted octanol–water partition coefficient (Wildman–Crippen LogP) is 1.53. The van der Waals surface area contributed by atoms with Crippen LogP contribution in [0.15, 0.2) is 24.3 Å². The molecule has 0 aliphatic heterocycles. The van der Waals surface area contributed by atoms with Crippen molar-refractivity contribution in [3.63, 3.8) is 0 Å². The second-order valence-corrected chi connectivity index (χ2v) is 3.39. The van der Waals surface area contributed by atoms with Crippen LogP contribution >= 0.6 is 0 Å². The molecule has 0 aliphatic carbocycles. The van der Waals surface area contributed by atoms with Gasteiger partial charge in [0.15, 0.2) is 0 Å². The van der Waals surface area contributed by atoms with E-state index in [-0.39, 0.29) is 11.7 Å². The Hall–Kier alpha value is -1.42. The van der Waals surface area contributed by atoms with Gasteiger partial charge in [-0.1, -0.05) is 6.92 Å². The fourth-order valence-corrected chi connectivity index (χ4v) is 1.22. The predicted molar refractivity (Wildman–Crippen MR) is 58.1 cm³/mol. The summed E-state index contributed by atoms with van der Waals surface area (Å²) in [4.78, 5) is 13.1. The summed E-state index contributed by atoms with van der Waals surface area (Å²) in [5.41, 5.74) is 6.26. The van der Waals surface area contributed by atoms with Gasteiger partial charge in [-0.3, -0.25) is 4.79 Å². The van der Waals surface area contributed by atoms with Crippen LogP contribution in [0.3, 0.4) is 0 Å². The van der Waals surface area contributed by atoms with E-state index in [4.69, 9.17) is 5.73 Å². The molecule has 0 bridgehead atoms. The SMILES string of the molecule is CC[C@@H](N)C(=O)N(C)c1ccc(F)cc1. The summed E-state index contributed by atoms with van der Waals surface area (Å²) in [6, 6.07) is 5.23. The Morgan fingerprint density at radius 2 is 2.00 bits per heavy atom. The molecule has 0 unspecified atom stereocenters. The summed E-state index contributed by atoms with van der Waals surface area (Å²) in [5, 5.41) is 0. The normalized spacial score (nSPS) is 12.3. The highest BCUT2D eigenvalue weighted by atomic mass is 19.1. The summed E-state index contributed by atoms with van der Waals surface area (Å²) in [6.45, 7) is 1.85. The smallest absolute Gasteiger partial charge is 0.243 e. The van der Waals surface area contributed by atoms with Gasteiger partial charge in [0.05, 0.1) is 6.04 Å². The van der Waals surface area contributed by atoms with Gasteiger partial charge in [-0.15, -0.1) is 0 Å². The molecule has 15 heavy (non-hydrogen) atoms. The Bertz CT molecular complexity index is 337. The summed E-state index contributed by atoms with van der Waals surface area (Å²) < 4.78 is 12.6. The maximum absolute atomic E-state index is 12.6. The molecular formula is C11H15FN2O. The van der Waals surface area contributed by atoms with Crippen molar-refractivity contribution in [3.05, 3.63) is 30.1 Å². The van der Waals surface area contributed by atoms with E-state index in [0.29, 0.717) is 12.1 Å². The maximum Gasteiger partial charge on any atom is 0.243 e. The molecule has 82 valence electrons. The number of nitrogens with zero attached hydrogens (tertiary/aromatic N) is 1. The van der Waals surface area contributed by atoms with Crippen molar-refractivity contribution >= 4 is 11.6 Å². The number of rotatable bonds is 3. The van der Waals surface area contributed by atoms with Gasteiger partial charge in [0.1, 0.15) is 5.82 Å². The number of nitrogens with two attached hydrogens (primary N) is 1. The van der Waals surface area contributed by atoms with E-state index in [2.05, 4.69) is 0 Å². The van der Waals surface area contributed by atoms with E-state index >= 15 is 0 Å². The van der Waals surface area contributed by atoms with Gasteiger partial charge in [0.2, 0.25) is 5.91 Å². The first-order valence-electron chi connectivity index (χ1n) is 4.85. The van der Waals surface area contributed by atoms with Crippen molar-refractivity contribution in [1.82, 2.24) is 0 Å². The Morgan fingerprint density at radius 3 is 2.47 bits per heavy atom. The van der Waals surface area contributed by atoms with Crippen molar-refractivity contribution in [3.8, 4) is 0 Å². The number of hydrogen-bond acceptors (Lipinski definition) is 2. The molecule has 0 saturated carbocycles. The van der Waals surface area contributed by atoms with Gasteiger partial charge in [-0.05, 0) is 30.7 Å². The Balaban J connectivity index is 2.80. The largest absolute Gasteiger partial charge is 0.320 e. The standard InChI is InChI=1S/C11H15FN2O/c1-3-10(13)11(15)14(2)9-6-4-8(12)5-7-9/h4-7,10H,3,13H2,1-2H3/t10-/m1/s1. The van der Waals surface area contributed by atoms with Crippen LogP contribution in [0.25, 0.3) is 0 Å². The lowest BCUT2D eigenvalue weighted by molar-refractivity contribution is -0.119. The molecule has 0 aromatic heterocycles. The Labute approximate surface area is 88.7 Å². The lowest BCUT2D eigenvalue weighted by Crippen LogP contribution is -2.41. The van der Waals surface area contributed by atoms with Crippen molar-refractivity contribution < 1.29 is 9.18 Å². The van der Waals surface area contributed by atoms with Crippen molar-refractivity contribution in [2.45, 2.75) is 19.4 Å². The average molecular weight is 210 g/mol. The van der Waals surface area contributed by atoms with E-state index in [1.807, 2.05) is 6.92 Å². The monoisotopic (exact) mass is 210 g/mol. The number of halogens is 1. The average Bonchev–Trinajstić information content (AvgIpc) is 2.27. The zero-order chi connectivity index (χ0) is 11.4. The van der Waals surface area contributed by atoms with E-state index in [9.17, 15) is 9.18 Å². The van der Waals surface area contributed by atoms with Gasteiger partial charge in [0.25, 0.3) is 0 Å². The Kier molecular flexibility index (Phi) is 3.80. The first-order chi connectivity index (χ1) is 7.06. The van der Waals surface area contributed by atoms with Crippen molar-refractivity contribution in [2.24, 2.45) is 5.73 Å². The number of anilines is 1. The molecule has 3 nitrogen and oxygen atoms in total. The second-order valence-electron chi connectivity index (χ2n) is 3.39. The third-order valence-electron chi connectivity index (χ3n) is 2.30. The number of benzene rings is 1. The van der Waals surface area contributed by atoms with Crippen LogP contribution in [0.2, 0.25) is 0 Å². The molecular weight excluding hydrogens is 195 g/mol. The molecule has 1 aromatic rings. The summed E-state index contributed by atoms with van der Waals surface area (Å²) in [6.07, 6.45) is 0.588. The van der Waals surface area contributed by atoms with Crippen LogP contribution < -0.4 is 10.6 Å². The second kappa shape index (κ2) is 4.89. The number of amides is 1. The van der Waals surface area contributed by atoms with Crippen molar-refractivity contribution in [1.29, 1.82) is 0 Å². The molecule has 0 fully saturated rings. The van der Waals surface area contributed by atoms with Crippen LogP contribution in [0.4, 0.5) is 10.1 Å². The minimum Gasteiger partial charge on any atom is -0.320 e. The highest BCUT2D eigenvalue weighted by Crippen LogP contribution is 2.14. The van der Waals surface area contributed by atoms with Gasteiger partial charge < -0.3 is 10.6 Å². The zero-order valence-corrected chi connectivity index (χ0v) is 8.90. The number of carbonyl (C=O) groups is 1. The third kappa shape index (κ3) is 2.76.